The third-order valence-corrected chi connectivity index (χ3v) is 2.34. The molecule has 1 aromatic carbocycles. The fourth-order valence-electron chi connectivity index (χ4n) is 1.26. The first-order chi connectivity index (χ1) is 6.75. The van der Waals surface area contributed by atoms with Gasteiger partial charge in [0.15, 0.2) is 5.78 Å². The summed E-state index contributed by atoms with van der Waals surface area (Å²) in [4.78, 5) is 11.0. The highest BCUT2D eigenvalue weighted by Crippen LogP contribution is 2.29. The Hall–Kier alpha value is -1.31. The summed E-state index contributed by atoms with van der Waals surface area (Å²) in [7, 11) is 0. The monoisotopic (exact) mass is 189 g/mol. The molecule has 0 amide bonds. The average Bonchev–Trinajstić information content (AvgIpc) is 2.99. The lowest BCUT2D eigenvalue weighted by molar-refractivity contribution is 0.104. The van der Waals surface area contributed by atoms with Gasteiger partial charge in [-0.3, -0.25) is 4.79 Å². The maximum atomic E-state index is 11.0. The summed E-state index contributed by atoms with van der Waals surface area (Å²) in [5, 5.41) is 0. The van der Waals surface area contributed by atoms with Crippen molar-refractivity contribution in [3.63, 3.8) is 0 Å². The molecule has 1 fully saturated rings. The number of Topliss-reactive ketones (excluding diaryl/α,β-unsaturated/α-hetero) is 1. The number of ketones is 1. The molecule has 1 aliphatic rings. The molecule has 0 heterocycles. The summed E-state index contributed by atoms with van der Waals surface area (Å²) in [6, 6.07) is 7.19. The third kappa shape index (κ3) is 2.34. The average molecular weight is 189 g/mol. The molecule has 73 valence electrons. The summed E-state index contributed by atoms with van der Waals surface area (Å²) in [6.45, 7) is 4.14. The highest BCUT2D eigenvalue weighted by molar-refractivity contribution is 5.99. The molecule has 0 N–H and O–H groups in total. The van der Waals surface area contributed by atoms with E-state index in [9.17, 15) is 4.79 Å². The zero-order valence-corrected chi connectivity index (χ0v) is 8.03. The van der Waals surface area contributed by atoms with Gasteiger partial charge in [0.1, 0.15) is 5.75 Å². The Morgan fingerprint density at radius 1 is 1.50 bits per heavy atom. The summed E-state index contributed by atoms with van der Waals surface area (Å²) >= 11 is 0. The van der Waals surface area contributed by atoms with Crippen LogP contribution in [0.3, 0.4) is 0 Å². The minimum atomic E-state index is -0.165. The van der Waals surface area contributed by atoms with Crippen molar-refractivity contribution < 1.29 is 9.53 Å². The Labute approximate surface area is 83.9 Å². The van der Waals surface area contributed by atoms with Crippen LogP contribution in [0.2, 0.25) is 0 Å². The molecule has 2 rings (SSSR count). The molecule has 1 saturated carbocycles. The van der Waals surface area contributed by atoms with Gasteiger partial charge in [0.25, 0.3) is 0 Å². The number of hydrogen-bond donors (Lipinski definition) is 0. The molecule has 1 radical (unpaired) electrons. The summed E-state index contributed by atoms with van der Waals surface area (Å²) in [5.41, 5.74) is 0.610. The van der Waals surface area contributed by atoms with Crippen molar-refractivity contribution in [2.45, 2.75) is 12.8 Å². The van der Waals surface area contributed by atoms with E-state index in [0.717, 1.165) is 18.3 Å². The van der Waals surface area contributed by atoms with E-state index in [-0.39, 0.29) is 5.78 Å². The Morgan fingerprint density at radius 3 is 2.93 bits per heavy atom. The number of ether oxygens (including phenoxy) is 1. The van der Waals surface area contributed by atoms with Gasteiger partial charge >= 0.3 is 0 Å². The van der Waals surface area contributed by atoms with Crippen LogP contribution in [0, 0.1) is 12.8 Å². The first kappa shape index (κ1) is 9.25. The normalized spacial score (nSPS) is 15.2. The van der Waals surface area contributed by atoms with Crippen molar-refractivity contribution in [3.05, 3.63) is 36.8 Å². The van der Waals surface area contributed by atoms with Crippen LogP contribution in [0.5, 0.6) is 5.75 Å². The SMILES string of the molecule is [CH2]C(=O)c1cccc(OCC2CC2)c1. The van der Waals surface area contributed by atoms with Gasteiger partial charge in [-0.2, -0.15) is 0 Å². The minimum absolute atomic E-state index is 0.165. The molecule has 0 bridgehead atoms. The highest BCUT2D eigenvalue weighted by atomic mass is 16.5. The van der Waals surface area contributed by atoms with E-state index in [4.69, 9.17) is 4.74 Å². The van der Waals surface area contributed by atoms with E-state index < -0.39 is 0 Å². The largest absolute Gasteiger partial charge is 0.493 e. The van der Waals surface area contributed by atoms with Crippen LogP contribution in [0.15, 0.2) is 24.3 Å². The second-order valence-corrected chi connectivity index (χ2v) is 3.71. The lowest BCUT2D eigenvalue weighted by Gasteiger charge is -2.05. The second kappa shape index (κ2) is 3.82. The molecule has 0 saturated heterocycles. The first-order valence-corrected chi connectivity index (χ1v) is 4.85. The topological polar surface area (TPSA) is 26.3 Å². The highest BCUT2D eigenvalue weighted by Gasteiger charge is 2.21. The quantitative estimate of drug-likeness (QED) is 0.680. The molecular formula is C12H13O2. The maximum Gasteiger partial charge on any atom is 0.163 e. The van der Waals surface area contributed by atoms with Crippen molar-refractivity contribution in [1.82, 2.24) is 0 Å². The smallest absolute Gasteiger partial charge is 0.163 e. The van der Waals surface area contributed by atoms with Gasteiger partial charge in [-0.05, 0) is 30.9 Å². The molecule has 2 heteroatoms. The summed E-state index contributed by atoms with van der Waals surface area (Å²) in [5.74, 6) is 1.34. The van der Waals surface area contributed by atoms with Crippen LogP contribution in [-0.4, -0.2) is 12.4 Å². The third-order valence-electron chi connectivity index (χ3n) is 2.34. The van der Waals surface area contributed by atoms with Crippen molar-refractivity contribution in [1.29, 1.82) is 0 Å². The number of carbonyl (C=O) groups excluding carboxylic acids is 1. The molecule has 2 nitrogen and oxygen atoms in total. The van der Waals surface area contributed by atoms with Crippen molar-refractivity contribution in [2.24, 2.45) is 5.92 Å². The fraction of sp³-hybridized carbons (Fsp3) is 0.333. The molecule has 1 aromatic rings. The lowest BCUT2D eigenvalue weighted by atomic mass is 10.1. The maximum absolute atomic E-state index is 11.0. The lowest BCUT2D eigenvalue weighted by Crippen LogP contribution is -2.00. The molecular weight excluding hydrogens is 176 g/mol. The van der Waals surface area contributed by atoms with E-state index in [1.165, 1.54) is 12.8 Å². The minimum Gasteiger partial charge on any atom is -0.493 e. The number of rotatable bonds is 4. The number of benzene rings is 1. The molecule has 0 aromatic heterocycles. The predicted molar refractivity (Wildman–Crippen MR) is 54.3 cm³/mol. The first-order valence-electron chi connectivity index (χ1n) is 4.85. The summed E-state index contributed by atoms with van der Waals surface area (Å²) < 4.78 is 5.54. The molecule has 0 unspecified atom stereocenters. The van der Waals surface area contributed by atoms with Crippen LogP contribution >= 0.6 is 0 Å². The predicted octanol–water partition coefficient (Wildman–Crippen LogP) is 2.49. The van der Waals surface area contributed by atoms with E-state index in [1.807, 2.05) is 12.1 Å². The van der Waals surface area contributed by atoms with E-state index in [2.05, 4.69) is 6.92 Å². The van der Waals surface area contributed by atoms with Crippen LogP contribution < -0.4 is 4.74 Å². The molecule has 0 spiro atoms. The van der Waals surface area contributed by atoms with Crippen molar-refractivity contribution in [3.8, 4) is 5.75 Å². The zero-order chi connectivity index (χ0) is 9.97. The van der Waals surface area contributed by atoms with Gasteiger partial charge in [0.2, 0.25) is 0 Å². The number of carbonyl (C=O) groups is 1. The molecule has 0 aliphatic heterocycles. The van der Waals surface area contributed by atoms with Gasteiger partial charge < -0.3 is 4.74 Å². The van der Waals surface area contributed by atoms with Crippen LogP contribution in [-0.2, 0) is 0 Å². The Balaban J connectivity index is 2.01. The van der Waals surface area contributed by atoms with Crippen LogP contribution in [0.4, 0.5) is 0 Å². The Morgan fingerprint density at radius 2 is 2.29 bits per heavy atom. The van der Waals surface area contributed by atoms with E-state index in [0.29, 0.717) is 5.56 Å². The van der Waals surface area contributed by atoms with E-state index in [1.54, 1.807) is 12.1 Å². The molecule has 1 aliphatic carbocycles. The fourth-order valence-corrected chi connectivity index (χ4v) is 1.26. The van der Waals surface area contributed by atoms with Crippen molar-refractivity contribution >= 4 is 5.78 Å². The summed E-state index contributed by atoms with van der Waals surface area (Å²) in [6.07, 6.45) is 2.54. The van der Waals surface area contributed by atoms with Gasteiger partial charge in [-0.1, -0.05) is 12.1 Å². The second-order valence-electron chi connectivity index (χ2n) is 3.71. The molecule has 14 heavy (non-hydrogen) atoms. The van der Waals surface area contributed by atoms with Crippen molar-refractivity contribution in [2.75, 3.05) is 6.61 Å². The van der Waals surface area contributed by atoms with Crippen LogP contribution in [0.1, 0.15) is 23.2 Å². The van der Waals surface area contributed by atoms with E-state index >= 15 is 0 Å². The van der Waals surface area contributed by atoms with Gasteiger partial charge in [0.05, 0.1) is 6.61 Å². The zero-order valence-electron chi connectivity index (χ0n) is 8.03. The molecule has 0 atom stereocenters. The standard InChI is InChI=1S/C12H13O2/c1-9(13)11-3-2-4-12(7-11)14-8-10-5-6-10/h2-4,7,10H,1,5-6,8H2. The van der Waals surface area contributed by atoms with Gasteiger partial charge in [-0.25, -0.2) is 0 Å². The Kier molecular flexibility index (Phi) is 2.53. The van der Waals surface area contributed by atoms with Gasteiger partial charge in [-0.15, -0.1) is 0 Å². The Bertz CT molecular complexity index is 340. The number of hydrogen-bond acceptors (Lipinski definition) is 2. The van der Waals surface area contributed by atoms with Crippen LogP contribution in [0.25, 0.3) is 0 Å². The van der Waals surface area contributed by atoms with Gasteiger partial charge in [0, 0.05) is 12.5 Å².